The Balaban J connectivity index is 1.70. The predicted molar refractivity (Wildman–Crippen MR) is 79.9 cm³/mol. The molecule has 3 N–H and O–H groups in total. The fourth-order valence-corrected chi connectivity index (χ4v) is 1.93. The molecule has 0 spiro atoms. The second-order valence-corrected chi connectivity index (χ2v) is 4.58. The molecule has 2 heterocycles. The number of carbonyl (C=O) groups excluding carboxylic acids is 1. The van der Waals surface area contributed by atoms with Crippen LogP contribution < -0.4 is 10.6 Å². The molecule has 0 aliphatic rings. The maximum atomic E-state index is 11.9. The van der Waals surface area contributed by atoms with Gasteiger partial charge in [0.25, 0.3) is 0 Å². The summed E-state index contributed by atoms with van der Waals surface area (Å²) < 4.78 is 0. The molecule has 0 fully saturated rings. The predicted octanol–water partition coefficient (Wildman–Crippen LogP) is 3.52. The molecule has 0 aliphatic heterocycles. The zero-order valence-corrected chi connectivity index (χ0v) is 11.0. The van der Waals surface area contributed by atoms with Crippen molar-refractivity contribution in [2.75, 3.05) is 10.6 Å². The monoisotopic (exact) mass is 266 g/mol. The number of nitrogens with zero attached hydrogens (tertiary/aromatic N) is 1. The molecule has 20 heavy (non-hydrogen) atoms. The molecule has 5 heteroatoms. The van der Waals surface area contributed by atoms with Crippen molar-refractivity contribution in [2.45, 2.75) is 6.92 Å². The standard InChI is InChI=1S/C15H14N4O/c1-10-2-4-12(5-3-10)18-15(20)19-14-8-11-6-7-16-13(11)9-17-14/h2-9,16H,1H3,(H2,17,18,19,20). The van der Waals surface area contributed by atoms with Crippen LogP contribution in [0.1, 0.15) is 5.56 Å². The maximum Gasteiger partial charge on any atom is 0.324 e. The lowest BCUT2D eigenvalue weighted by Gasteiger charge is -2.07. The van der Waals surface area contributed by atoms with Crippen molar-refractivity contribution in [2.24, 2.45) is 0 Å². The fraction of sp³-hybridized carbons (Fsp3) is 0.0667. The lowest BCUT2D eigenvalue weighted by molar-refractivity contribution is 0.262. The molecule has 2 aromatic heterocycles. The van der Waals surface area contributed by atoms with Gasteiger partial charge in [-0.3, -0.25) is 5.32 Å². The smallest absolute Gasteiger partial charge is 0.324 e. The molecule has 2 amide bonds. The van der Waals surface area contributed by atoms with E-state index in [9.17, 15) is 4.79 Å². The summed E-state index contributed by atoms with van der Waals surface area (Å²) in [5.74, 6) is 0.515. The van der Waals surface area contributed by atoms with Crippen molar-refractivity contribution in [3.8, 4) is 0 Å². The van der Waals surface area contributed by atoms with E-state index in [1.165, 1.54) is 0 Å². The van der Waals surface area contributed by atoms with Gasteiger partial charge in [-0.2, -0.15) is 0 Å². The lowest BCUT2D eigenvalue weighted by Crippen LogP contribution is -2.19. The average Bonchev–Trinajstić information content (AvgIpc) is 2.89. The number of aromatic amines is 1. The third-order valence-corrected chi connectivity index (χ3v) is 2.99. The van der Waals surface area contributed by atoms with Crippen molar-refractivity contribution in [1.29, 1.82) is 0 Å². The fourth-order valence-electron chi connectivity index (χ4n) is 1.93. The van der Waals surface area contributed by atoms with Crippen molar-refractivity contribution < 1.29 is 4.79 Å². The number of H-pyrrole nitrogens is 1. The third kappa shape index (κ3) is 2.61. The number of rotatable bonds is 2. The summed E-state index contributed by atoms with van der Waals surface area (Å²) in [4.78, 5) is 19.1. The molecule has 0 atom stereocenters. The maximum absolute atomic E-state index is 11.9. The highest BCUT2D eigenvalue weighted by molar-refractivity contribution is 6.00. The number of pyridine rings is 1. The molecule has 0 bridgehead atoms. The zero-order valence-electron chi connectivity index (χ0n) is 11.0. The minimum Gasteiger partial charge on any atom is -0.360 e. The first-order chi connectivity index (χ1) is 9.70. The molecular weight excluding hydrogens is 252 g/mol. The topological polar surface area (TPSA) is 69.8 Å². The van der Waals surface area contributed by atoms with Gasteiger partial charge in [0.1, 0.15) is 5.82 Å². The SMILES string of the molecule is Cc1ccc(NC(=O)Nc2cc3cc[nH]c3cn2)cc1. The normalized spacial score (nSPS) is 10.4. The van der Waals surface area contributed by atoms with E-state index in [2.05, 4.69) is 20.6 Å². The van der Waals surface area contributed by atoms with Gasteiger partial charge in [-0.25, -0.2) is 9.78 Å². The van der Waals surface area contributed by atoms with E-state index >= 15 is 0 Å². The molecule has 0 radical (unpaired) electrons. The van der Waals surface area contributed by atoms with Crippen LogP contribution in [-0.2, 0) is 0 Å². The van der Waals surface area contributed by atoms with Crippen LogP contribution in [0.4, 0.5) is 16.3 Å². The van der Waals surface area contributed by atoms with Crippen molar-refractivity contribution >= 4 is 28.4 Å². The molecular formula is C15H14N4O. The summed E-state index contributed by atoms with van der Waals surface area (Å²) >= 11 is 0. The van der Waals surface area contributed by atoms with E-state index in [-0.39, 0.29) is 6.03 Å². The first-order valence-electron chi connectivity index (χ1n) is 6.28. The second-order valence-electron chi connectivity index (χ2n) is 4.58. The van der Waals surface area contributed by atoms with E-state index in [1.54, 1.807) is 6.20 Å². The Morgan fingerprint density at radius 3 is 2.75 bits per heavy atom. The van der Waals surface area contributed by atoms with Crippen LogP contribution in [0.25, 0.3) is 10.9 Å². The first kappa shape index (κ1) is 12.2. The molecule has 0 saturated carbocycles. The minimum absolute atomic E-state index is 0.309. The van der Waals surface area contributed by atoms with Crippen LogP contribution in [0, 0.1) is 6.92 Å². The van der Waals surface area contributed by atoms with Gasteiger partial charge in [-0.1, -0.05) is 17.7 Å². The zero-order chi connectivity index (χ0) is 13.9. The number of nitrogens with one attached hydrogen (secondary N) is 3. The van der Waals surface area contributed by atoms with E-state index in [1.807, 2.05) is 49.5 Å². The van der Waals surface area contributed by atoms with E-state index in [0.717, 1.165) is 22.2 Å². The Morgan fingerprint density at radius 2 is 1.95 bits per heavy atom. The summed E-state index contributed by atoms with van der Waals surface area (Å²) in [6.07, 6.45) is 3.53. The van der Waals surface area contributed by atoms with Gasteiger partial charge in [-0.05, 0) is 31.2 Å². The van der Waals surface area contributed by atoms with Gasteiger partial charge in [0, 0.05) is 17.3 Å². The lowest BCUT2D eigenvalue weighted by atomic mass is 10.2. The first-order valence-corrected chi connectivity index (χ1v) is 6.28. The van der Waals surface area contributed by atoms with Gasteiger partial charge in [0.05, 0.1) is 11.7 Å². The Hall–Kier alpha value is -2.82. The second kappa shape index (κ2) is 5.05. The third-order valence-electron chi connectivity index (χ3n) is 2.99. The molecule has 100 valence electrons. The summed E-state index contributed by atoms with van der Waals surface area (Å²) in [7, 11) is 0. The van der Waals surface area contributed by atoms with Crippen LogP contribution in [0.3, 0.4) is 0 Å². The molecule has 0 unspecified atom stereocenters. The number of amides is 2. The van der Waals surface area contributed by atoms with Gasteiger partial charge in [0.15, 0.2) is 0 Å². The van der Waals surface area contributed by atoms with Gasteiger partial charge in [0.2, 0.25) is 0 Å². The molecule has 3 aromatic rings. The van der Waals surface area contributed by atoms with Gasteiger partial charge >= 0.3 is 6.03 Å². The number of anilines is 2. The van der Waals surface area contributed by atoms with E-state index < -0.39 is 0 Å². The average molecular weight is 266 g/mol. The number of urea groups is 1. The van der Waals surface area contributed by atoms with Crippen LogP contribution in [-0.4, -0.2) is 16.0 Å². The van der Waals surface area contributed by atoms with Crippen molar-refractivity contribution in [1.82, 2.24) is 9.97 Å². The Kier molecular flexibility index (Phi) is 3.09. The number of aryl methyl sites for hydroxylation is 1. The minimum atomic E-state index is -0.309. The van der Waals surface area contributed by atoms with Crippen LogP contribution in [0.5, 0.6) is 0 Å². The van der Waals surface area contributed by atoms with Gasteiger partial charge < -0.3 is 10.3 Å². The highest BCUT2D eigenvalue weighted by atomic mass is 16.2. The summed E-state index contributed by atoms with van der Waals surface area (Å²) in [5, 5.41) is 6.48. The highest BCUT2D eigenvalue weighted by Crippen LogP contribution is 2.15. The Morgan fingerprint density at radius 1 is 1.15 bits per heavy atom. The van der Waals surface area contributed by atoms with Crippen LogP contribution in [0.15, 0.2) is 48.8 Å². The molecule has 0 aliphatic carbocycles. The number of fused-ring (bicyclic) bond motifs is 1. The largest absolute Gasteiger partial charge is 0.360 e. The number of hydrogen-bond donors (Lipinski definition) is 3. The number of carbonyl (C=O) groups is 1. The van der Waals surface area contributed by atoms with Gasteiger partial charge in [-0.15, -0.1) is 0 Å². The summed E-state index contributed by atoms with van der Waals surface area (Å²) in [5.41, 5.74) is 2.83. The van der Waals surface area contributed by atoms with Crippen molar-refractivity contribution in [3.63, 3.8) is 0 Å². The number of hydrogen-bond acceptors (Lipinski definition) is 2. The van der Waals surface area contributed by atoms with Crippen LogP contribution >= 0.6 is 0 Å². The summed E-state index contributed by atoms with van der Waals surface area (Å²) in [6, 6.07) is 11.0. The molecule has 3 rings (SSSR count). The summed E-state index contributed by atoms with van der Waals surface area (Å²) in [6.45, 7) is 2.00. The number of benzene rings is 1. The van der Waals surface area contributed by atoms with Crippen LogP contribution in [0.2, 0.25) is 0 Å². The number of aromatic nitrogens is 2. The Labute approximate surface area is 116 Å². The molecule has 0 saturated heterocycles. The molecule has 1 aromatic carbocycles. The van der Waals surface area contributed by atoms with E-state index in [4.69, 9.17) is 0 Å². The Bertz CT molecular complexity index is 746. The highest BCUT2D eigenvalue weighted by Gasteiger charge is 2.04. The quantitative estimate of drug-likeness (QED) is 0.664. The van der Waals surface area contributed by atoms with Crippen molar-refractivity contribution in [3.05, 3.63) is 54.4 Å². The molecule has 5 nitrogen and oxygen atoms in total. The van der Waals surface area contributed by atoms with E-state index in [0.29, 0.717) is 5.82 Å².